The zero-order chi connectivity index (χ0) is 15.5. The minimum Gasteiger partial charge on any atom is -0.497 e. The smallest absolute Gasteiger partial charge is 0.256 e. The third kappa shape index (κ3) is 2.58. The van der Waals surface area contributed by atoms with E-state index in [-0.39, 0.29) is 18.1 Å². The average molecular weight is 297 g/mol. The van der Waals surface area contributed by atoms with E-state index < -0.39 is 5.91 Å². The van der Waals surface area contributed by atoms with E-state index in [1.54, 1.807) is 23.9 Å². The van der Waals surface area contributed by atoms with Gasteiger partial charge in [-0.25, -0.2) is 4.52 Å². The molecular formula is C16H15N3O3. The summed E-state index contributed by atoms with van der Waals surface area (Å²) in [5, 5.41) is 4.25. The zero-order valence-electron chi connectivity index (χ0n) is 12.0. The van der Waals surface area contributed by atoms with Crippen molar-refractivity contribution in [1.29, 1.82) is 0 Å². The van der Waals surface area contributed by atoms with E-state index >= 15 is 0 Å². The van der Waals surface area contributed by atoms with Gasteiger partial charge >= 0.3 is 0 Å². The fourth-order valence-corrected chi connectivity index (χ4v) is 2.18. The van der Waals surface area contributed by atoms with Crippen LogP contribution in [-0.4, -0.2) is 22.6 Å². The highest BCUT2D eigenvalue weighted by atomic mass is 16.5. The molecule has 3 rings (SSSR count). The first-order valence-electron chi connectivity index (χ1n) is 6.72. The fourth-order valence-electron chi connectivity index (χ4n) is 2.18. The van der Waals surface area contributed by atoms with E-state index in [4.69, 9.17) is 15.2 Å². The number of rotatable bonds is 5. The third-order valence-corrected chi connectivity index (χ3v) is 3.29. The number of benzene rings is 1. The zero-order valence-corrected chi connectivity index (χ0v) is 12.0. The largest absolute Gasteiger partial charge is 0.497 e. The Labute approximate surface area is 127 Å². The summed E-state index contributed by atoms with van der Waals surface area (Å²) in [6, 6.07) is 12.9. The molecule has 0 fully saturated rings. The van der Waals surface area contributed by atoms with Gasteiger partial charge in [-0.15, -0.1) is 5.10 Å². The molecule has 0 saturated carbocycles. The van der Waals surface area contributed by atoms with Gasteiger partial charge in [-0.1, -0.05) is 18.2 Å². The summed E-state index contributed by atoms with van der Waals surface area (Å²) in [4.78, 5) is 11.7. The number of primary amides is 1. The van der Waals surface area contributed by atoms with Crippen molar-refractivity contribution < 1.29 is 14.3 Å². The number of carbonyl (C=O) groups is 1. The first-order valence-corrected chi connectivity index (χ1v) is 6.72. The van der Waals surface area contributed by atoms with Gasteiger partial charge in [0.15, 0.2) is 0 Å². The molecule has 6 nitrogen and oxygen atoms in total. The maximum atomic E-state index is 11.7. The summed E-state index contributed by atoms with van der Waals surface area (Å²) < 4.78 is 12.3. The number of aromatic nitrogens is 2. The SMILES string of the molecule is COc1ccc(COc2nn3ccccc3c2C(N)=O)cc1. The molecule has 112 valence electrons. The highest BCUT2D eigenvalue weighted by Crippen LogP contribution is 2.23. The monoisotopic (exact) mass is 297 g/mol. The first-order chi connectivity index (χ1) is 10.7. The van der Waals surface area contributed by atoms with Crippen LogP contribution in [0, 0.1) is 0 Å². The summed E-state index contributed by atoms with van der Waals surface area (Å²) in [7, 11) is 1.61. The molecule has 0 saturated heterocycles. The number of nitrogens with zero attached hydrogens (tertiary/aromatic N) is 2. The molecule has 6 heteroatoms. The lowest BCUT2D eigenvalue weighted by molar-refractivity contribution is 0.0997. The predicted molar refractivity (Wildman–Crippen MR) is 81.0 cm³/mol. The molecule has 0 atom stereocenters. The van der Waals surface area contributed by atoms with Crippen LogP contribution in [0.2, 0.25) is 0 Å². The Kier molecular flexibility index (Phi) is 3.65. The molecule has 0 unspecified atom stereocenters. The highest BCUT2D eigenvalue weighted by Gasteiger charge is 2.18. The van der Waals surface area contributed by atoms with Crippen LogP contribution in [0.3, 0.4) is 0 Å². The quantitative estimate of drug-likeness (QED) is 0.781. The Hall–Kier alpha value is -3.02. The second-order valence-electron chi connectivity index (χ2n) is 4.71. The number of amides is 1. The molecule has 0 aliphatic heterocycles. The molecule has 3 aromatic rings. The lowest BCUT2D eigenvalue weighted by Crippen LogP contribution is -2.12. The topological polar surface area (TPSA) is 78.8 Å². The molecule has 0 aliphatic carbocycles. The summed E-state index contributed by atoms with van der Waals surface area (Å²) in [5.74, 6) is 0.440. The molecule has 0 spiro atoms. The summed E-state index contributed by atoms with van der Waals surface area (Å²) in [6.07, 6.45) is 1.74. The predicted octanol–water partition coefficient (Wildman–Crippen LogP) is 2.02. The second kappa shape index (κ2) is 5.77. The minimum atomic E-state index is -0.564. The molecule has 2 N–H and O–H groups in total. The molecule has 1 amide bonds. The van der Waals surface area contributed by atoms with Crippen molar-refractivity contribution >= 4 is 11.4 Å². The van der Waals surface area contributed by atoms with Crippen molar-refractivity contribution in [2.45, 2.75) is 6.61 Å². The molecular weight excluding hydrogens is 282 g/mol. The standard InChI is InChI=1S/C16H15N3O3/c1-21-12-7-5-11(6-8-12)10-22-16-14(15(17)20)13-4-2-3-9-19(13)18-16/h2-9H,10H2,1H3,(H2,17,20). The summed E-state index contributed by atoms with van der Waals surface area (Å²) in [6.45, 7) is 0.286. The number of methoxy groups -OCH3 is 1. The number of pyridine rings is 1. The molecule has 2 aromatic heterocycles. The molecule has 1 aromatic carbocycles. The fraction of sp³-hybridized carbons (Fsp3) is 0.125. The van der Waals surface area contributed by atoms with Crippen molar-refractivity contribution in [3.63, 3.8) is 0 Å². The Morgan fingerprint density at radius 1 is 1.23 bits per heavy atom. The van der Waals surface area contributed by atoms with Crippen LogP contribution in [0.5, 0.6) is 11.6 Å². The van der Waals surface area contributed by atoms with E-state index in [0.717, 1.165) is 11.3 Å². The van der Waals surface area contributed by atoms with Gasteiger partial charge in [0.2, 0.25) is 5.88 Å². The van der Waals surface area contributed by atoms with Crippen molar-refractivity contribution in [2.24, 2.45) is 5.73 Å². The lowest BCUT2D eigenvalue weighted by atomic mass is 10.2. The number of ether oxygens (including phenoxy) is 2. The maximum Gasteiger partial charge on any atom is 0.256 e. The Balaban J connectivity index is 1.86. The minimum absolute atomic E-state index is 0.231. The van der Waals surface area contributed by atoms with Gasteiger partial charge in [-0.05, 0) is 29.8 Å². The molecule has 0 bridgehead atoms. The molecule has 0 aliphatic rings. The molecule has 22 heavy (non-hydrogen) atoms. The van der Waals surface area contributed by atoms with Crippen molar-refractivity contribution in [2.75, 3.05) is 7.11 Å². The van der Waals surface area contributed by atoms with Gasteiger partial charge in [-0.2, -0.15) is 0 Å². The van der Waals surface area contributed by atoms with E-state index in [0.29, 0.717) is 5.52 Å². The Morgan fingerprint density at radius 3 is 2.68 bits per heavy atom. The Bertz CT molecular complexity index is 809. The highest BCUT2D eigenvalue weighted by molar-refractivity contribution is 6.02. The van der Waals surface area contributed by atoms with E-state index in [2.05, 4.69) is 5.10 Å². The van der Waals surface area contributed by atoms with Crippen LogP contribution >= 0.6 is 0 Å². The van der Waals surface area contributed by atoms with Crippen LogP contribution in [0.1, 0.15) is 15.9 Å². The van der Waals surface area contributed by atoms with Crippen molar-refractivity contribution in [1.82, 2.24) is 9.61 Å². The van der Waals surface area contributed by atoms with Gasteiger partial charge in [0, 0.05) is 6.20 Å². The van der Waals surface area contributed by atoms with Gasteiger partial charge in [0.25, 0.3) is 5.91 Å². The van der Waals surface area contributed by atoms with Crippen molar-refractivity contribution in [3.05, 3.63) is 59.8 Å². The number of carbonyl (C=O) groups excluding carboxylic acids is 1. The number of hydrogen-bond acceptors (Lipinski definition) is 4. The second-order valence-corrected chi connectivity index (χ2v) is 4.71. The van der Waals surface area contributed by atoms with Crippen LogP contribution in [0.4, 0.5) is 0 Å². The van der Waals surface area contributed by atoms with Crippen molar-refractivity contribution in [3.8, 4) is 11.6 Å². The van der Waals surface area contributed by atoms with Gasteiger partial charge in [0.1, 0.15) is 17.9 Å². The van der Waals surface area contributed by atoms with Gasteiger partial charge in [-0.3, -0.25) is 4.79 Å². The van der Waals surface area contributed by atoms with Gasteiger partial charge in [0.05, 0.1) is 12.6 Å². The average Bonchev–Trinajstić information content (AvgIpc) is 2.92. The normalized spacial score (nSPS) is 10.6. The van der Waals surface area contributed by atoms with Crippen LogP contribution in [0.15, 0.2) is 48.7 Å². The maximum absolute atomic E-state index is 11.7. The van der Waals surface area contributed by atoms with Gasteiger partial charge < -0.3 is 15.2 Å². The summed E-state index contributed by atoms with van der Waals surface area (Å²) >= 11 is 0. The number of nitrogens with two attached hydrogens (primary N) is 1. The third-order valence-electron chi connectivity index (χ3n) is 3.29. The lowest BCUT2D eigenvalue weighted by Gasteiger charge is -2.05. The molecule has 2 heterocycles. The van der Waals surface area contributed by atoms with Crippen LogP contribution in [-0.2, 0) is 6.61 Å². The first kappa shape index (κ1) is 13.9. The molecule has 0 radical (unpaired) electrons. The van der Waals surface area contributed by atoms with E-state index in [1.807, 2.05) is 36.4 Å². The Morgan fingerprint density at radius 2 is 2.00 bits per heavy atom. The van der Waals surface area contributed by atoms with Crippen LogP contribution in [0.25, 0.3) is 5.52 Å². The van der Waals surface area contributed by atoms with E-state index in [9.17, 15) is 4.79 Å². The van der Waals surface area contributed by atoms with Crippen LogP contribution < -0.4 is 15.2 Å². The van der Waals surface area contributed by atoms with E-state index in [1.165, 1.54) is 0 Å². The number of hydrogen-bond donors (Lipinski definition) is 1. The number of fused-ring (bicyclic) bond motifs is 1. The summed E-state index contributed by atoms with van der Waals surface area (Å²) in [5.41, 5.74) is 7.29.